The number of alkyl halides is 3. The van der Waals surface area contributed by atoms with Gasteiger partial charge in [0.1, 0.15) is 5.15 Å². The van der Waals surface area contributed by atoms with Crippen LogP contribution in [0.3, 0.4) is 0 Å². The van der Waals surface area contributed by atoms with Gasteiger partial charge in [0.25, 0.3) is 5.91 Å². The largest absolute Gasteiger partial charge is 0.472 e. The summed E-state index contributed by atoms with van der Waals surface area (Å²) < 4.78 is 48.2. The van der Waals surface area contributed by atoms with E-state index in [0.29, 0.717) is 31.2 Å². The fraction of sp³-hybridized carbons (Fsp3) is 0.536. The lowest BCUT2D eigenvalue weighted by Crippen LogP contribution is -2.41. The van der Waals surface area contributed by atoms with Gasteiger partial charge in [0, 0.05) is 29.3 Å². The van der Waals surface area contributed by atoms with Gasteiger partial charge in [-0.05, 0) is 62.5 Å². The highest BCUT2D eigenvalue weighted by atomic mass is 35.5. The van der Waals surface area contributed by atoms with Crippen LogP contribution < -0.4 is 0 Å². The van der Waals surface area contributed by atoms with Crippen molar-refractivity contribution in [1.82, 2.24) is 14.3 Å². The lowest BCUT2D eigenvalue weighted by Gasteiger charge is -2.31. The molecule has 2 aliphatic carbocycles. The SMILES string of the molecule is CCCN(CC(=O)[C@]1(CC)CC12CCC(O)CC2)C(=O)c1nc2c(C(F)(F)F)cc(-c3ccoc3)cn2c1Cl. The van der Waals surface area contributed by atoms with Crippen LogP contribution >= 0.6 is 11.6 Å². The van der Waals surface area contributed by atoms with Crippen LogP contribution in [0.25, 0.3) is 16.8 Å². The number of Topliss-reactive ketones (excluding diaryl/α,β-unsaturated/α-hetero) is 1. The summed E-state index contributed by atoms with van der Waals surface area (Å²) in [6.45, 7) is 3.89. The van der Waals surface area contributed by atoms with Crippen molar-refractivity contribution in [3.63, 3.8) is 0 Å². The van der Waals surface area contributed by atoms with E-state index in [1.165, 1.54) is 29.7 Å². The molecule has 7 nitrogen and oxygen atoms in total. The van der Waals surface area contributed by atoms with Crippen molar-refractivity contribution >= 4 is 28.9 Å². The molecular weight excluding hydrogens is 535 g/mol. The second-order valence-electron chi connectivity index (χ2n) is 10.9. The van der Waals surface area contributed by atoms with Crippen LogP contribution in [0.1, 0.15) is 74.8 Å². The van der Waals surface area contributed by atoms with Crippen molar-refractivity contribution in [3.8, 4) is 11.1 Å². The van der Waals surface area contributed by atoms with Gasteiger partial charge in [-0.25, -0.2) is 4.98 Å². The Kier molecular flexibility index (Phi) is 7.08. The summed E-state index contributed by atoms with van der Waals surface area (Å²) in [4.78, 5) is 32.8. The molecule has 5 rings (SSSR count). The summed E-state index contributed by atoms with van der Waals surface area (Å²) in [6, 6.07) is 2.47. The molecule has 0 saturated heterocycles. The highest BCUT2D eigenvalue weighted by Crippen LogP contribution is 2.72. The molecule has 210 valence electrons. The first-order valence-electron chi connectivity index (χ1n) is 13.3. The van der Waals surface area contributed by atoms with Crippen LogP contribution in [-0.4, -0.2) is 50.3 Å². The Morgan fingerprint density at radius 1 is 1.26 bits per heavy atom. The van der Waals surface area contributed by atoms with Gasteiger partial charge in [0.05, 0.1) is 30.7 Å². The van der Waals surface area contributed by atoms with Gasteiger partial charge in [-0.1, -0.05) is 25.4 Å². The van der Waals surface area contributed by atoms with Crippen LogP contribution in [0.15, 0.2) is 35.3 Å². The monoisotopic (exact) mass is 565 g/mol. The molecule has 3 aromatic heterocycles. The van der Waals surface area contributed by atoms with E-state index in [1.807, 2.05) is 13.8 Å². The molecule has 0 bridgehead atoms. The number of aliphatic hydroxyl groups excluding tert-OH is 1. The number of amides is 1. The number of hydrogen-bond donors (Lipinski definition) is 1. The van der Waals surface area contributed by atoms with Gasteiger partial charge in [-0.3, -0.25) is 14.0 Å². The van der Waals surface area contributed by atoms with Crippen LogP contribution in [0.4, 0.5) is 13.2 Å². The second-order valence-corrected chi connectivity index (χ2v) is 11.2. The van der Waals surface area contributed by atoms with Crippen LogP contribution in [-0.2, 0) is 11.0 Å². The van der Waals surface area contributed by atoms with Crippen LogP contribution in [0, 0.1) is 10.8 Å². The normalized spacial score (nSPS) is 24.8. The minimum atomic E-state index is -4.75. The molecule has 0 unspecified atom stereocenters. The Morgan fingerprint density at radius 2 is 1.97 bits per heavy atom. The van der Waals surface area contributed by atoms with Crippen molar-refractivity contribution in [2.75, 3.05) is 13.1 Å². The fourth-order valence-corrected chi connectivity index (χ4v) is 6.73. The summed E-state index contributed by atoms with van der Waals surface area (Å²) in [5.41, 5.74) is -1.94. The van der Waals surface area contributed by atoms with Gasteiger partial charge in [0.2, 0.25) is 0 Å². The van der Waals surface area contributed by atoms with E-state index in [-0.39, 0.29) is 46.8 Å². The molecule has 1 N–H and O–H groups in total. The number of pyridine rings is 1. The minimum Gasteiger partial charge on any atom is -0.472 e. The van der Waals surface area contributed by atoms with Crippen molar-refractivity contribution in [2.24, 2.45) is 10.8 Å². The van der Waals surface area contributed by atoms with E-state index >= 15 is 0 Å². The molecule has 11 heteroatoms. The Labute approximate surface area is 228 Å². The molecule has 3 heterocycles. The summed E-state index contributed by atoms with van der Waals surface area (Å²) in [5.74, 6) is -0.738. The van der Waals surface area contributed by atoms with Crippen molar-refractivity contribution in [1.29, 1.82) is 0 Å². The van der Waals surface area contributed by atoms with E-state index in [2.05, 4.69) is 4.98 Å². The third-order valence-electron chi connectivity index (χ3n) is 8.72. The number of imidazole rings is 1. The Bertz CT molecular complexity index is 1390. The number of ketones is 1. The third-order valence-corrected chi connectivity index (χ3v) is 9.08. The van der Waals surface area contributed by atoms with Gasteiger partial charge >= 0.3 is 6.18 Å². The van der Waals surface area contributed by atoms with Crippen LogP contribution in [0.2, 0.25) is 5.15 Å². The van der Waals surface area contributed by atoms with E-state index in [9.17, 15) is 27.9 Å². The summed E-state index contributed by atoms with van der Waals surface area (Å²) >= 11 is 6.50. The molecular formula is C28H31ClF3N3O4. The lowest BCUT2D eigenvalue weighted by molar-refractivity contribution is -0.136. The Hall–Kier alpha value is -2.85. The van der Waals surface area contributed by atoms with Crippen molar-refractivity contribution < 1.29 is 32.3 Å². The lowest BCUT2D eigenvalue weighted by atomic mass is 9.76. The van der Waals surface area contributed by atoms with E-state index in [0.717, 1.165) is 29.7 Å². The van der Waals surface area contributed by atoms with Gasteiger partial charge in [0.15, 0.2) is 17.1 Å². The van der Waals surface area contributed by atoms with E-state index in [4.69, 9.17) is 16.0 Å². The number of carbonyl (C=O) groups excluding carboxylic acids is 2. The number of carbonyl (C=O) groups is 2. The first kappa shape index (κ1) is 27.7. The maximum Gasteiger partial charge on any atom is 0.420 e. The number of hydrogen-bond acceptors (Lipinski definition) is 5. The summed E-state index contributed by atoms with van der Waals surface area (Å²) in [7, 11) is 0. The maximum absolute atomic E-state index is 14.0. The number of furan rings is 1. The molecule has 1 spiro atoms. The molecule has 39 heavy (non-hydrogen) atoms. The Balaban J connectivity index is 1.48. The average Bonchev–Trinajstić information content (AvgIpc) is 3.18. The fourth-order valence-electron chi connectivity index (χ4n) is 6.48. The zero-order chi connectivity index (χ0) is 28.2. The smallest absolute Gasteiger partial charge is 0.420 e. The average molecular weight is 566 g/mol. The van der Waals surface area contributed by atoms with E-state index in [1.54, 1.807) is 0 Å². The molecule has 0 aromatic carbocycles. The highest BCUT2D eigenvalue weighted by Gasteiger charge is 2.69. The summed E-state index contributed by atoms with van der Waals surface area (Å²) in [6.07, 6.45) is 3.72. The molecule has 0 radical (unpaired) electrons. The maximum atomic E-state index is 14.0. The van der Waals surface area contributed by atoms with Crippen LogP contribution in [0.5, 0.6) is 0 Å². The predicted molar refractivity (Wildman–Crippen MR) is 138 cm³/mol. The predicted octanol–water partition coefficient (Wildman–Crippen LogP) is 6.41. The van der Waals surface area contributed by atoms with Crippen molar-refractivity contribution in [2.45, 2.75) is 71.1 Å². The molecule has 2 saturated carbocycles. The number of fused-ring (bicyclic) bond motifs is 1. The molecule has 1 amide bonds. The first-order chi connectivity index (χ1) is 18.5. The molecule has 0 aliphatic heterocycles. The minimum absolute atomic E-state index is 0.0544. The van der Waals surface area contributed by atoms with Gasteiger partial charge < -0.3 is 14.4 Å². The first-order valence-corrected chi connectivity index (χ1v) is 13.7. The third kappa shape index (κ3) is 4.65. The summed E-state index contributed by atoms with van der Waals surface area (Å²) in [5, 5.41) is 9.70. The molecule has 1 atom stereocenters. The number of halogens is 4. The number of aromatic nitrogens is 2. The van der Waals surface area contributed by atoms with E-state index < -0.39 is 28.7 Å². The topological polar surface area (TPSA) is 88.0 Å². The second kappa shape index (κ2) is 9.96. The van der Waals surface area contributed by atoms with Gasteiger partial charge in [-0.2, -0.15) is 13.2 Å². The standard InChI is InChI=1S/C28H31ClF3N3O4/c1-3-10-34(14-21(37)27(4-2)16-26(27)8-5-19(36)6-9-26)25(38)22-23(29)35-13-18(17-7-11-39-15-17)12-20(24(35)33-22)28(30,31)32/h7,11-13,15,19,36H,3-6,8-10,14,16H2,1-2H3/t19?,26?,27-/m0/s1. The Morgan fingerprint density at radius 3 is 2.56 bits per heavy atom. The quantitative estimate of drug-likeness (QED) is 0.341. The molecule has 2 aliphatic rings. The highest BCUT2D eigenvalue weighted by molar-refractivity contribution is 6.33. The van der Waals surface area contributed by atoms with Gasteiger partial charge in [-0.15, -0.1) is 0 Å². The zero-order valence-corrected chi connectivity index (χ0v) is 22.6. The molecule has 2 fully saturated rings. The number of nitrogens with zero attached hydrogens (tertiary/aromatic N) is 3. The number of rotatable bonds is 8. The van der Waals surface area contributed by atoms with Crippen molar-refractivity contribution in [3.05, 3.63) is 47.3 Å². The zero-order valence-electron chi connectivity index (χ0n) is 21.9. The molecule has 3 aromatic rings. The number of aliphatic hydroxyl groups is 1.